The predicted octanol–water partition coefficient (Wildman–Crippen LogP) is 0.285. The van der Waals surface area contributed by atoms with Crippen LogP contribution in [0.15, 0.2) is 9.81 Å². The lowest BCUT2D eigenvalue weighted by atomic mass is 10.6. The van der Waals surface area contributed by atoms with Gasteiger partial charge in [0.1, 0.15) is 20.0 Å². The van der Waals surface area contributed by atoms with Crippen molar-refractivity contribution in [3.05, 3.63) is 13.9 Å². The topological polar surface area (TPSA) is 82.4 Å². The van der Waals surface area contributed by atoms with E-state index in [1.807, 2.05) is 0 Å². The van der Waals surface area contributed by atoms with Gasteiger partial charge in [0.2, 0.25) is 0 Å². The minimum Gasteiger partial charge on any atom is -0.428 e. The highest BCUT2D eigenvalue weighted by Gasteiger charge is 2.23. The Kier molecular flexibility index (Phi) is 1.62. The molecule has 64 valence electrons. The normalized spacial score (nSPS) is 27.5. The molecule has 0 aromatic carbocycles. The standard InChI is InChI=1S/C4H6NO4S2/c1-3-4(2)11(8,9)5-10(3,6)7/h1-2H3/q-1. The third-order valence-corrected chi connectivity index (χ3v) is 5.33. The molecular formula is C4H6NO4S2-. The Hall–Kier alpha value is -0.400. The molecule has 0 bridgehead atoms. The summed E-state index contributed by atoms with van der Waals surface area (Å²) in [6.07, 6.45) is 0. The van der Waals surface area contributed by atoms with Gasteiger partial charge in [-0.3, -0.25) is 0 Å². The number of allylic oxidation sites excluding steroid dienone is 2. The van der Waals surface area contributed by atoms with Crippen LogP contribution in [0.5, 0.6) is 0 Å². The SMILES string of the molecule is CC1=C(C)S(=O)(=O)[N-]S1(=O)=O. The van der Waals surface area contributed by atoms with E-state index in [0.29, 0.717) is 0 Å². The van der Waals surface area contributed by atoms with Gasteiger partial charge in [0, 0.05) is 9.81 Å². The van der Waals surface area contributed by atoms with E-state index in [1.165, 1.54) is 13.8 Å². The average molecular weight is 196 g/mol. The van der Waals surface area contributed by atoms with Gasteiger partial charge >= 0.3 is 0 Å². The highest BCUT2D eigenvalue weighted by molar-refractivity contribution is 8.18. The first-order chi connectivity index (χ1) is 4.77. The van der Waals surface area contributed by atoms with Gasteiger partial charge in [-0.15, -0.1) is 0 Å². The van der Waals surface area contributed by atoms with Gasteiger partial charge in [0.05, 0.1) is 0 Å². The van der Waals surface area contributed by atoms with E-state index in [9.17, 15) is 16.8 Å². The molecule has 0 unspecified atom stereocenters. The molecule has 0 saturated heterocycles. The van der Waals surface area contributed by atoms with Crippen molar-refractivity contribution in [2.45, 2.75) is 13.8 Å². The lowest BCUT2D eigenvalue weighted by Gasteiger charge is -2.08. The molecule has 0 radical (unpaired) electrons. The largest absolute Gasteiger partial charge is 0.428 e. The molecule has 0 aliphatic carbocycles. The van der Waals surface area contributed by atoms with Gasteiger partial charge in [-0.25, -0.2) is 16.8 Å². The maximum absolute atomic E-state index is 10.8. The molecule has 0 aromatic heterocycles. The molecule has 5 nitrogen and oxygen atoms in total. The van der Waals surface area contributed by atoms with Crippen molar-refractivity contribution in [2.75, 3.05) is 0 Å². The van der Waals surface area contributed by atoms with E-state index < -0.39 is 20.0 Å². The van der Waals surface area contributed by atoms with Gasteiger partial charge in [-0.1, -0.05) is 0 Å². The van der Waals surface area contributed by atoms with Crippen molar-refractivity contribution in [3.63, 3.8) is 0 Å². The highest BCUT2D eigenvalue weighted by Crippen LogP contribution is 2.34. The maximum Gasteiger partial charge on any atom is 0.109 e. The van der Waals surface area contributed by atoms with E-state index in [2.05, 4.69) is 4.13 Å². The van der Waals surface area contributed by atoms with Gasteiger partial charge in [0.25, 0.3) is 0 Å². The van der Waals surface area contributed by atoms with Crippen molar-refractivity contribution in [2.24, 2.45) is 0 Å². The molecule has 11 heavy (non-hydrogen) atoms. The van der Waals surface area contributed by atoms with Crippen LogP contribution in [-0.2, 0) is 20.0 Å². The summed E-state index contributed by atoms with van der Waals surface area (Å²) in [5.74, 6) is 0. The maximum atomic E-state index is 10.8. The van der Waals surface area contributed by atoms with E-state index >= 15 is 0 Å². The third-order valence-electron chi connectivity index (χ3n) is 1.47. The van der Waals surface area contributed by atoms with Crippen LogP contribution in [0.2, 0.25) is 0 Å². The van der Waals surface area contributed by atoms with Crippen LogP contribution < -0.4 is 0 Å². The molecular weight excluding hydrogens is 190 g/mol. The Bertz CT molecular complexity index is 373. The van der Waals surface area contributed by atoms with Crippen LogP contribution >= 0.6 is 0 Å². The predicted molar refractivity (Wildman–Crippen MR) is 39.6 cm³/mol. The first kappa shape index (κ1) is 8.69. The Labute approximate surface area is 65.2 Å². The summed E-state index contributed by atoms with van der Waals surface area (Å²) in [4.78, 5) is -0.366. The second-order valence-electron chi connectivity index (χ2n) is 2.14. The summed E-state index contributed by atoms with van der Waals surface area (Å²) >= 11 is 0. The monoisotopic (exact) mass is 196 g/mol. The molecule has 0 saturated carbocycles. The highest BCUT2D eigenvalue weighted by atomic mass is 32.3. The van der Waals surface area contributed by atoms with Crippen molar-refractivity contribution in [1.82, 2.24) is 0 Å². The van der Waals surface area contributed by atoms with Crippen LogP contribution in [0.4, 0.5) is 0 Å². The molecule has 0 fully saturated rings. The fraction of sp³-hybridized carbons (Fsp3) is 0.500. The second-order valence-corrected chi connectivity index (χ2v) is 5.86. The summed E-state index contributed by atoms with van der Waals surface area (Å²) in [7, 11) is -7.73. The Morgan fingerprint density at radius 1 is 0.909 bits per heavy atom. The summed E-state index contributed by atoms with van der Waals surface area (Å²) in [5.41, 5.74) is 0. The van der Waals surface area contributed by atoms with E-state index in [1.54, 1.807) is 0 Å². The van der Waals surface area contributed by atoms with E-state index in [0.717, 1.165) is 0 Å². The molecule has 1 aliphatic rings. The molecule has 7 heteroatoms. The van der Waals surface area contributed by atoms with Crippen molar-refractivity contribution in [1.29, 1.82) is 0 Å². The average Bonchev–Trinajstić information content (AvgIpc) is 1.91. The first-order valence-electron chi connectivity index (χ1n) is 2.69. The van der Waals surface area contributed by atoms with Gasteiger partial charge in [-0.2, -0.15) is 0 Å². The minimum atomic E-state index is -3.87. The zero-order valence-corrected chi connectivity index (χ0v) is 7.53. The van der Waals surface area contributed by atoms with Crippen LogP contribution in [0.3, 0.4) is 0 Å². The molecule has 1 heterocycles. The van der Waals surface area contributed by atoms with Crippen LogP contribution in [0.25, 0.3) is 4.13 Å². The zero-order chi connectivity index (χ0) is 8.86. The van der Waals surface area contributed by atoms with Crippen LogP contribution in [0.1, 0.15) is 13.8 Å². The Morgan fingerprint density at radius 3 is 1.27 bits per heavy atom. The lowest BCUT2D eigenvalue weighted by Crippen LogP contribution is -1.94. The summed E-state index contributed by atoms with van der Waals surface area (Å²) in [5, 5.41) is 0. The number of rotatable bonds is 0. The van der Waals surface area contributed by atoms with Crippen molar-refractivity contribution >= 4 is 20.0 Å². The number of nitrogens with zero attached hydrogens (tertiary/aromatic N) is 1. The summed E-state index contributed by atoms with van der Waals surface area (Å²) < 4.78 is 45.8. The lowest BCUT2D eigenvalue weighted by molar-refractivity contribution is 0.605. The second kappa shape index (κ2) is 2.05. The molecule has 0 aromatic rings. The molecule has 0 spiro atoms. The Morgan fingerprint density at radius 2 is 1.18 bits per heavy atom. The van der Waals surface area contributed by atoms with E-state index in [-0.39, 0.29) is 9.81 Å². The number of sulfonamides is 2. The van der Waals surface area contributed by atoms with Crippen LogP contribution in [0, 0.1) is 0 Å². The van der Waals surface area contributed by atoms with Gasteiger partial charge < -0.3 is 4.13 Å². The number of hydrogen-bond donors (Lipinski definition) is 0. The summed E-state index contributed by atoms with van der Waals surface area (Å²) in [6.45, 7) is 2.44. The van der Waals surface area contributed by atoms with E-state index in [4.69, 9.17) is 0 Å². The third kappa shape index (κ3) is 1.19. The first-order valence-corrected chi connectivity index (χ1v) is 5.57. The fourth-order valence-corrected chi connectivity index (χ4v) is 3.89. The smallest absolute Gasteiger partial charge is 0.109 e. The van der Waals surface area contributed by atoms with Crippen molar-refractivity contribution in [3.8, 4) is 0 Å². The molecule has 0 atom stereocenters. The quantitative estimate of drug-likeness (QED) is 0.557. The zero-order valence-electron chi connectivity index (χ0n) is 5.90. The minimum absolute atomic E-state index is 0.183. The van der Waals surface area contributed by atoms with Crippen LogP contribution in [-0.4, -0.2) is 16.8 Å². The Balaban J connectivity index is 3.56. The summed E-state index contributed by atoms with van der Waals surface area (Å²) in [6, 6.07) is 0. The molecule has 1 aliphatic heterocycles. The van der Waals surface area contributed by atoms with Crippen molar-refractivity contribution < 1.29 is 16.8 Å². The van der Waals surface area contributed by atoms with Gasteiger partial charge in [0.15, 0.2) is 0 Å². The molecule has 0 amide bonds. The molecule has 1 rings (SSSR count). The van der Waals surface area contributed by atoms with Gasteiger partial charge in [-0.05, 0) is 13.8 Å². The fourth-order valence-electron chi connectivity index (χ4n) is 0.604. The molecule has 0 N–H and O–H groups in total. The number of hydrogen-bond acceptors (Lipinski definition) is 4.